The molecule has 1 atom stereocenters. The SMILES string of the molecule is COP(=O)(OC)[C@@H](NC(=O)OC(C)(C)C)C1CCCCC1. The van der Waals surface area contributed by atoms with Crippen molar-refractivity contribution in [2.24, 2.45) is 5.92 Å². The number of amides is 1. The summed E-state index contributed by atoms with van der Waals surface area (Å²) in [5.74, 6) is -0.584. The molecule has 0 spiro atoms. The summed E-state index contributed by atoms with van der Waals surface area (Å²) < 4.78 is 28.2. The summed E-state index contributed by atoms with van der Waals surface area (Å²) >= 11 is 0. The van der Waals surface area contributed by atoms with Crippen molar-refractivity contribution >= 4 is 13.7 Å². The minimum absolute atomic E-state index is 0.0806. The van der Waals surface area contributed by atoms with E-state index in [1.807, 2.05) is 0 Å². The molecular weight excluding hydrogens is 293 g/mol. The lowest BCUT2D eigenvalue weighted by Crippen LogP contribution is -2.44. The molecule has 6 nitrogen and oxygen atoms in total. The number of carbonyl (C=O) groups excluding carboxylic acids is 1. The number of alkyl carbamates (subject to hydrolysis) is 1. The van der Waals surface area contributed by atoms with Gasteiger partial charge in [-0.15, -0.1) is 0 Å². The minimum atomic E-state index is -3.39. The van der Waals surface area contributed by atoms with Gasteiger partial charge in [0.25, 0.3) is 0 Å². The largest absolute Gasteiger partial charge is 0.444 e. The van der Waals surface area contributed by atoms with Crippen molar-refractivity contribution in [1.82, 2.24) is 5.32 Å². The van der Waals surface area contributed by atoms with Crippen LogP contribution < -0.4 is 5.32 Å². The van der Waals surface area contributed by atoms with E-state index in [2.05, 4.69) is 5.32 Å². The van der Waals surface area contributed by atoms with Crippen LogP contribution in [0, 0.1) is 5.92 Å². The first-order chi connectivity index (χ1) is 9.72. The zero-order valence-electron chi connectivity index (χ0n) is 13.7. The van der Waals surface area contributed by atoms with Crippen LogP contribution in [0.2, 0.25) is 0 Å². The lowest BCUT2D eigenvalue weighted by atomic mass is 9.89. The van der Waals surface area contributed by atoms with Crippen molar-refractivity contribution < 1.29 is 23.1 Å². The van der Waals surface area contributed by atoms with Gasteiger partial charge in [0.05, 0.1) is 0 Å². The quantitative estimate of drug-likeness (QED) is 0.777. The number of hydrogen-bond acceptors (Lipinski definition) is 5. The Bertz CT molecular complexity index is 379. The third kappa shape index (κ3) is 5.61. The van der Waals surface area contributed by atoms with Gasteiger partial charge in [0.1, 0.15) is 11.4 Å². The lowest BCUT2D eigenvalue weighted by molar-refractivity contribution is 0.0490. The average Bonchev–Trinajstić information content (AvgIpc) is 2.43. The van der Waals surface area contributed by atoms with Crippen LogP contribution in [0.1, 0.15) is 52.9 Å². The smallest absolute Gasteiger partial charge is 0.408 e. The highest BCUT2D eigenvalue weighted by Gasteiger charge is 2.42. The van der Waals surface area contributed by atoms with E-state index in [1.54, 1.807) is 20.8 Å². The third-order valence-electron chi connectivity index (χ3n) is 3.61. The molecule has 1 aliphatic carbocycles. The molecule has 1 amide bonds. The Balaban J connectivity index is 2.86. The summed E-state index contributed by atoms with van der Waals surface area (Å²) in [5.41, 5.74) is -0.606. The van der Waals surface area contributed by atoms with Gasteiger partial charge in [-0.05, 0) is 39.5 Å². The molecule has 7 heteroatoms. The number of hydrogen-bond donors (Lipinski definition) is 1. The van der Waals surface area contributed by atoms with E-state index in [-0.39, 0.29) is 5.92 Å². The van der Waals surface area contributed by atoms with Gasteiger partial charge in [0, 0.05) is 14.2 Å². The summed E-state index contributed by atoms with van der Waals surface area (Å²) in [7, 11) is -0.703. The van der Waals surface area contributed by atoms with Gasteiger partial charge in [-0.3, -0.25) is 4.57 Å². The van der Waals surface area contributed by atoms with Gasteiger partial charge in [0.2, 0.25) is 0 Å². The van der Waals surface area contributed by atoms with Crippen LogP contribution in [-0.4, -0.2) is 31.7 Å². The van der Waals surface area contributed by atoms with Crippen LogP contribution >= 0.6 is 7.60 Å². The molecule has 124 valence electrons. The van der Waals surface area contributed by atoms with Crippen LogP contribution in [0.15, 0.2) is 0 Å². The minimum Gasteiger partial charge on any atom is -0.444 e. The van der Waals surface area contributed by atoms with E-state index in [1.165, 1.54) is 20.6 Å². The molecule has 0 saturated heterocycles. The van der Waals surface area contributed by atoms with Crippen molar-refractivity contribution in [3.8, 4) is 0 Å². The first-order valence-corrected chi connectivity index (χ1v) is 9.04. The normalized spacial score (nSPS) is 19.1. The Morgan fingerprint density at radius 3 is 2.10 bits per heavy atom. The second-order valence-corrected chi connectivity index (χ2v) is 8.76. The topological polar surface area (TPSA) is 73.9 Å². The van der Waals surface area contributed by atoms with Crippen LogP contribution in [0.5, 0.6) is 0 Å². The highest BCUT2D eigenvalue weighted by Crippen LogP contribution is 2.55. The highest BCUT2D eigenvalue weighted by molar-refractivity contribution is 7.54. The maximum absolute atomic E-state index is 12.7. The van der Waals surface area contributed by atoms with Crippen LogP contribution in [-0.2, 0) is 18.3 Å². The molecular formula is C14H28NO5P. The molecule has 0 aromatic carbocycles. The molecule has 0 unspecified atom stereocenters. The Hall–Kier alpha value is -0.580. The maximum Gasteiger partial charge on any atom is 0.408 e. The fourth-order valence-electron chi connectivity index (χ4n) is 2.63. The number of ether oxygens (including phenoxy) is 1. The van der Waals surface area contributed by atoms with Crippen molar-refractivity contribution in [2.75, 3.05) is 14.2 Å². The molecule has 1 rings (SSSR count). The number of carbonyl (C=O) groups is 1. The average molecular weight is 321 g/mol. The second kappa shape index (κ2) is 7.61. The summed E-state index contributed by atoms with van der Waals surface area (Å²) in [6, 6.07) is 0. The Morgan fingerprint density at radius 1 is 1.14 bits per heavy atom. The van der Waals surface area contributed by atoms with Crippen molar-refractivity contribution in [2.45, 2.75) is 64.3 Å². The number of rotatable bonds is 5. The van der Waals surface area contributed by atoms with Gasteiger partial charge >= 0.3 is 13.7 Å². The van der Waals surface area contributed by atoms with E-state index in [9.17, 15) is 9.36 Å². The molecule has 0 aromatic rings. The molecule has 21 heavy (non-hydrogen) atoms. The first kappa shape index (κ1) is 18.5. The summed E-state index contributed by atoms with van der Waals surface area (Å²) in [5, 5.41) is 2.71. The van der Waals surface area contributed by atoms with Crippen LogP contribution in [0.25, 0.3) is 0 Å². The monoisotopic (exact) mass is 321 g/mol. The predicted octanol–water partition coefficient (Wildman–Crippen LogP) is 3.90. The predicted molar refractivity (Wildman–Crippen MR) is 81.4 cm³/mol. The van der Waals surface area contributed by atoms with Crippen LogP contribution in [0.3, 0.4) is 0 Å². The molecule has 1 N–H and O–H groups in total. The van der Waals surface area contributed by atoms with E-state index >= 15 is 0 Å². The Morgan fingerprint density at radius 2 is 1.67 bits per heavy atom. The summed E-state index contributed by atoms with van der Waals surface area (Å²) in [4.78, 5) is 12.0. The fraction of sp³-hybridized carbons (Fsp3) is 0.929. The second-order valence-electron chi connectivity index (χ2n) is 6.39. The molecule has 0 radical (unpaired) electrons. The van der Waals surface area contributed by atoms with Crippen molar-refractivity contribution in [3.63, 3.8) is 0 Å². The molecule has 1 saturated carbocycles. The van der Waals surface area contributed by atoms with Crippen LogP contribution in [0.4, 0.5) is 4.79 Å². The maximum atomic E-state index is 12.7. The van der Waals surface area contributed by atoms with E-state index in [0.717, 1.165) is 25.7 Å². The third-order valence-corrected chi connectivity index (χ3v) is 5.86. The molecule has 0 aliphatic heterocycles. The van der Waals surface area contributed by atoms with E-state index in [0.29, 0.717) is 0 Å². The zero-order chi connectivity index (χ0) is 16.1. The molecule has 0 bridgehead atoms. The molecule has 0 heterocycles. The molecule has 0 aromatic heterocycles. The molecule has 1 aliphatic rings. The first-order valence-electron chi connectivity index (χ1n) is 7.42. The van der Waals surface area contributed by atoms with Gasteiger partial charge in [-0.1, -0.05) is 19.3 Å². The zero-order valence-corrected chi connectivity index (χ0v) is 14.6. The fourth-order valence-corrected chi connectivity index (χ4v) is 4.32. The number of nitrogens with one attached hydrogen (secondary N) is 1. The molecule has 1 fully saturated rings. The van der Waals surface area contributed by atoms with Gasteiger partial charge < -0.3 is 19.1 Å². The van der Waals surface area contributed by atoms with Gasteiger partial charge in [-0.2, -0.15) is 0 Å². The van der Waals surface area contributed by atoms with Crippen molar-refractivity contribution in [1.29, 1.82) is 0 Å². The highest BCUT2D eigenvalue weighted by atomic mass is 31.2. The standard InChI is InChI=1S/C14H28NO5P/c1-14(2,3)20-13(16)15-12(21(17,18-4)19-5)11-9-7-6-8-10-11/h11-12H,6-10H2,1-5H3,(H,15,16)/t12-/m1/s1. The summed E-state index contributed by atoms with van der Waals surface area (Å²) in [6.07, 6.45) is 4.50. The lowest BCUT2D eigenvalue weighted by Gasteiger charge is -2.34. The van der Waals surface area contributed by atoms with E-state index in [4.69, 9.17) is 13.8 Å². The Kier molecular flexibility index (Phi) is 6.70. The summed E-state index contributed by atoms with van der Waals surface area (Å²) in [6.45, 7) is 5.36. The Labute approximate surface area is 127 Å². The van der Waals surface area contributed by atoms with E-state index < -0.39 is 25.1 Å². The van der Waals surface area contributed by atoms with Gasteiger partial charge in [0.15, 0.2) is 0 Å². The van der Waals surface area contributed by atoms with Gasteiger partial charge in [-0.25, -0.2) is 4.79 Å². The van der Waals surface area contributed by atoms with Crippen molar-refractivity contribution in [3.05, 3.63) is 0 Å².